The van der Waals surface area contributed by atoms with E-state index in [9.17, 15) is 0 Å². The van der Waals surface area contributed by atoms with Gasteiger partial charge >= 0.3 is 26.2 Å². The molecule has 0 unspecified atom stereocenters. The maximum absolute atomic E-state index is 3.98. The van der Waals surface area contributed by atoms with E-state index in [0.717, 1.165) is 12.1 Å². The van der Waals surface area contributed by atoms with Gasteiger partial charge in [0.1, 0.15) is 0 Å². The Morgan fingerprint density at radius 1 is 1.17 bits per heavy atom. The van der Waals surface area contributed by atoms with Crippen molar-refractivity contribution in [3.63, 3.8) is 0 Å². The van der Waals surface area contributed by atoms with Crippen LogP contribution in [0.25, 0.3) is 16.5 Å². The summed E-state index contributed by atoms with van der Waals surface area (Å²) in [5, 5.41) is 13.9. The minimum atomic E-state index is 0. The summed E-state index contributed by atoms with van der Waals surface area (Å²) in [6.07, 6.45) is 7.84. The molecule has 0 N–H and O–H groups in total. The van der Waals surface area contributed by atoms with Crippen LogP contribution in [-0.4, -0.2) is 20.2 Å². The second kappa shape index (κ2) is 10.7. The summed E-state index contributed by atoms with van der Waals surface area (Å²) in [5.74, 6) is 0. The molecule has 1 heterocycles. The van der Waals surface area contributed by atoms with Crippen molar-refractivity contribution in [2.24, 2.45) is 0 Å². The Bertz CT molecular complexity index is 758. The summed E-state index contributed by atoms with van der Waals surface area (Å²) in [4.78, 5) is 1.51. The summed E-state index contributed by atoms with van der Waals surface area (Å²) in [5.41, 5.74) is 3.66. The molecule has 0 amide bonds. The fourth-order valence-corrected chi connectivity index (χ4v) is 2.18. The summed E-state index contributed by atoms with van der Waals surface area (Å²) < 4.78 is 0. The van der Waals surface area contributed by atoms with Gasteiger partial charge in [-0.15, -0.1) is 64.6 Å². The second-order valence-corrected chi connectivity index (χ2v) is 4.96. The molecule has 3 aromatic rings. The maximum Gasteiger partial charge on any atom is 4.00 e. The standard InChI is InChI=1S/C10H7N4.C7H9.2ClH.Zr/c1-2-4-9-6-10(5-8(9)3-1)14-12-7-11-13-14;1-6-4-3-5-7(6)2;;;/h1-7H;4H,3H2,1-2H3;2*1H;/q2*-1;;;+4/p-2. The molecule has 24 heavy (non-hydrogen) atoms. The summed E-state index contributed by atoms with van der Waals surface area (Å²) in [6.45, 7) is 4.22. The molecule has 0 spiro atoms. The van der Waals surface area contributed by atoms with Crippen LogP contribution in [0.4, 0.5) is 0 Å². The van der Waals surface area contributed by atoms with E-state index >= 15 is 0 Å². The summed E-state index contributed by atoms with van der Waals surface area (Å²) >= 11 is 0. The van der Waals surface area contributed by atoms with E-state index in [1.807, 2.05) is 24.3 Å². The van der Waals surface area contributed by atoms with Crippen molar-refractivity contribution in [3.05, 3.63) is 66.0 Å². The number of rotatable bonds is 1. The molecule has 1 aliphatic carbocycles. The topological polar surface area (TPSA) is 43.6 Å². The number of fused-ring (bicyclic) bond motifs is 1. The molecule has 0 saturated carbocycles. The molecule has 0 saturated heterocycles. The van der Waals surface area contributed by atoms with Gasteiger partial charge in [-0.05, 0) is 10.9 Å². The third-order valence-electron chi connectivity index (χ3n) is 3.55. The zero-order valence-electron chi connectivity index (χ0n) is 13.4. The van der Waals surface area contributed by atoms with Crippen molar-refractivity contribution < 1.29 is 51.0 Å². The molecular formula is C17H16Cl2N4Zr. The Morgan fingerprint density at radius 2 is 1.92 bits per heavy atom. The first-order chi connectivity index (χ1) is 10.2. The van der Waals surface area contributed by atoms with Crippen molar-refractivity contribution >= 4 is 10.8 Å². The normalized spacial score (nSPS) is 11.9. The van der Waals surface area contributed by atoms with Gasteiger partial charge in [-0.3, -0.25) is 6.08 Å². The van der Waals surface area contributed by atoms with Gasteiger partial charge in [-0.2, -0.15) is 10.9 Å². The molecule has 0 atom stereocenters. The smallest absolute Gasteiger partial charge is 1.00 e. The van der Waals surface area contributed by atoms with Gasteiger partial charge in [0.05, 0.1) is 0 Å². The third kappa shape index (κ3) is 5.44. The fraction of sp³-hybridized carbons (Fsp3) is 0.176. The third-order valence-corrected chi connectivity index (χ3v) is 3.55. The van der Waals surface area contributed by atoms with E-state index < -0.39 is 0 Å². The van der Waals surface area contributed by atoms with Crippen molar-refractivity contribution in [2.45, 2.75) is 20.3 Å². The molecule has 7 heteroatoms. The first-order valence-electron chi connectivity index (χ1n) is 6.87. The largest absolute Gasteiger partial charge is 4.00 e. The number of nitrogens with zero attached hydrogens (tertiary/aromatic N) is 4. The maximum atomic E-state index is 3.98. The van der Waals surface area contributed by atoms with Crippen LogP contribution >= 0.6 is 0 Å². The number of hydrogen-bond acceptors (Lipinski definition) is 3. The van der Waals surface area contributed by atoms with Crippen molar-refractivity contribution in [1.29, 1.82) is 0 Å². The fourth-order valence-electron chi connectivity index (χ4n) is 2.18. The number of aromatic nitrogens is 4. The van der Waals surface area contributed by atoms with Crippen LogP contribution in [-0.2, 0) is 26.2 Å². The molecule has 2 aromatic carbocycles. The van der Waals surface area contributed by atoms with Crippen LogP contribution in [0.15, 0.2) is 59.9 Å². The number of benzene rings is 1. The van der Waals surface area contributed by atoms with Crippen LogP contribution in [0.5, 0.6) is 0 Å². The van der Waals surface area contributed by atoms with Crippen LogP contribution in [0, 0.1) is 6.08 Å². The van der Waals surface area contributed by atoms with Crippen LogP contribution in [0.2, 0.25) is 0 Å². The zero-order chi connectivity index (χ0) is 14.7. The van der Waals surface area contributed by atoms with E-state index in [0.29, 0.717) is 0 Å². The zero-order valence-corrected chi connectivity index (χ0v) is 17.3. The minimum absolute atomic E-state index is 0. The molecule has 0 aliphatic heterocycles. The molecule has 0 bridgehead atoms. The van der Waals surface area contributed by atoms with E-state index in [-0.39, 0.29) is 51.0 Å². The Labute approximate surface area is 173 Å². The Hall–Kier alpha value is -1.16. The van der Waals surface area contributed by atoms with Gasteiger partial charge in [0, 0.05) is 0 Å². The average Bonchev–Trinajstić information content (AvgIpc) is 3.21. The second-order valence-electron chi connectivity index (χ2n) is 4.96. The van der Waals surface area contributed by atoms with Gasteiger partial charge in [0.25, 0.3) is 0 Å². The molecule has 122 valence electrons. The number of halogens is 2. The number of allylic oxidation sites excluding steroid dienone is 4. The average molecular weight is 438 g/mol. The van der Waals surface area contributed by atoms with Gasteiger partial charge in [0.15, 0.2) is 6.33 Å². The Balaban J connectivity index is 0.000000463. The summed E-state index contributed by atoms with van der Waals surface area (Å²) in [6, 6.07) is 12.2. The molecule has 1 aromatic heterocycles. The van der Waals surface area contributed by atoms with E-state index in [2.05, 4.69) is 53.5 Å². The molecular weight excluding hydrogens is 422 g/mol. The summed E-state index contributed by atoms with van der Waals surface area (Å²) in [7, 11) is 0. The van der Waals surface area contributed by atoms with Crippen molar-refractivity contribution in [3.8, 4) is 5.69 Å². The molecule has 4 rings (SSSR count). The van der Waals surface area contributed by atoms with E-state index in [1.54, 1.807) is 0 Å². The molecule has 0 fully saturated rings. The van der Waals surface area contributed by atoms with Crippen molar-refractivity contribution in [1.82, 2.24) is 20.2 Å². The first kappa shape index (κ1) is 22.8. The van der Waals surface area contributed by atoms with Crippen LogP contribution in [0.1, 0.15) is 20.3 Å². The van der Waals surface area contributed by atoms with Crippen molar-refractivity contribution in [2.75, 3.05) is 0 Å². The number of hydrogen-bond donors (Lipinski definition) is 0. The van der Waals surface area contributed by atoms with E-state index in [1.165, 1.54) is 33.0 Å². The molecule has 1 aliphatic rings. The van der Waals surface area contributed by atoms with Gasteiger partial charge in [0.2, 0.25) is 0 Å². The first-order valence-corrected chi connectivity index (χ1v) is 6.87. The molecule has 0 radical (unpaired) electrons. The van der Waals surface area contributed by atoms with Gasteiger partial charge in [-0.25, -0.2) is 11.1 Å². The van der Waals surface area contributed by atoms with Crippen LogP contribution in [0.3, 0.4) is 0 Å². The Kier molecular flexibility index (Phi) is 10.1. The molecule has 4 nitrogen and oxygen atoms in total. The van der Waals surface area contributed by atoms with Gasteiger partial charge in [-0.1, -0.05) is 13.0 Å². The Morgan fingerprint density at radius 3 is 2.42 bits per heavy atom. The predicted octanol–water partition coefficient (Wildman–Crippen LogP) is -2.37. The number of tetrazole rings is 1. The monoisotopic (exact) mass is 436 g/mol. The predicted molar refractivity (Wildman–Crippen MR) is 83.1 cm³/mol. The van der Waals surface area contributed by atoms with Crippen LogP contribution < -0.4 is 24.8 Å². The van der Waals surface area contributed by atoms with E-state index in [4.69, 9.17) is 0 Å². The van der Waals surface area contributed by atoms with Gasteiger partial charge < -0.3 is 24.8 Å². The quantitative estimate of drug-likeness (QED) is 0.399. The SMILES string of the molecule is CC1=[C-]CC=C1C.[Cl-].[Cl-].[Zr+4].c1ccc2[cH-]c(-n3ncnn3)cc2c1. The minimum Gasteiger partial charge on any atom is -1.00 e.